The van der Waals surface area contributed by atoms with Gasteiger partial charge in [0.05, 0.1) is 29.7 Å². The molecule has 0 bridgehead atoms. The Hall–Kier alpha value is -0.860. The molecule has 1 aromatic rings. The first-order valence-electron chi connectivity index (χ1n) is 6.11. The molecule has 0 aliphatic heterocycles. The molecule has 1 aromatic carbocycles. The molecular weight excluding hydrogens is 306 g/mol. The summed E-state index contributed by atoms with van der Waals surface area (Å²) in [4.78, 5) is 0.00671. The van der Waals surface area contributed by atoms with E-state index in [1.807, 2.05) is 0 Å². The van der Waals surface area contributed by atoms with Crippen molar-refractivity contribution in [3.63, 3.8) is 0 Å². The van der Waals surface area contributed by atoms with Crippen LogP contribution >= 0.6 is 11.6 Å². The Labute approximate surface area is 123 Å². The molecule has 114 valence electrons. The van der Waals surface area contributed by atoms with Crippen molar-refractivity contribution in [1.82, 2.24) is 4.31 Å². The number of hydrogen-bond acceptors (Lipinski definition) is 5. The quantitative estimate of drug-likeness (QED) is 0.736. The Balaban J connectivity index is 3.16. The second-order valence-electron chi connectivity index (χ2n) is 3.88. The van der Waals surface area contributed by atoms with Crippen molar-refractivity contribution in [2.24, 2.45) is 0 Å². The van der Waals surface area contributed by atoms with Gasteiger partial charge in [0.15, 0.2) is 0 Å². The van der Waals surface area contributed by atoms with E-state index in [1.165, 1.54) is 18.2 Å². The highest BCUT2D eigenvalue weighted by molar-refractivity contribution is 7.89. The first-order chi connectivity index (χ1) is 9.47. The molecule has 0 aliphatic rings. The first kappa shape index (κ1) is 17.2. The van der Waals surface area contributed by atoms with Crippen LogP contribution in [0.1, 0.15) is 6.92 Å². The van der Waals surface area contributed by atoms with E-state index in [2.05, 4.69) is 0 Å². The van der Waals surface area contributed by atoms with Gasteiger partial charge in [-0.1, -0.05) is 11.6 Å². The number of sulfonamides is 1. The number of halogens is 1. The number of aliphatic hydroxyl groups is 2. The smallest absolute Gasteiger partial charge is 0.243 e. The number of rotatable bonds is 8. The molecule has 1 rings (SSSR count). The minimum absolute atomic E-state index is 0.00671. The van der Waals surface area contributed by atoms with Crippen LogP contribution in [0.5, 0.6) is 5.75 Å². The second kappa shape index (κ2) is 7.80. The van der Waals surface area contributed by atoms with Crippen LogP contribution in [0.3, 0.4) is 0 Å². The lowest BCUT2D eigenvalue weighted by molar-refractivity contribution is 0.217. The van der Waals surface area contributed by atoms with Gasteiger partial charge in [0.1, 0.15) is 5.75 Å². The standard InChI is InChI=1S/C12H18ClNO5S/c1-2-19-12-9-10(3-4-11(12)13)20(17,18)14(5-7-15)6-8-16/h3-4,9,15-16H,2,5-8H2,1H3. The third-order valence-electron chi connectivity index (χ3n) is 2.54. The minimum atomic E-state index is -3.81. The van der Waals surface area contributed by atoms with E-state index in [1.54, 1.807) is 6.92 Å². The monoisotopic (exact) mass is 323 g/mol. The van der Waals surface area contributed by atoms with Crippen LogP contribution in [0.4, 0.5) is 0 Å². The van der Waals surface area contributed by atoms with Gasteiger partial charge in [-0.2, -0.15) is 4.31 Å². The Morgan fingerprint density at radius 1 is 1.25 bits per heavy atom. The Morgan fingerprint density at radius 3 is 2.35 bits per heavy atom. The number of benzene rings is 1. The van der Waals surface area contributed by atoms with E-state index in [0.29, 0.717) is 11.6 Å². The molecular formula is C12H18ClNO5S. The van der Waals surface area contributed by atoms with Crippen molar-refractivity contribution >= 4 is 21.6 Å². The molecule has 0 saturated heterocycles. The van der Waals surface area contributed by atoms with Gasteiger partial charge < -0.3 is 14.9 Å². The van der Waals surface area contributed by atoms with E-state index < -0.39 is 10.0 Å². The van der Waals surface area contributed by atoms with E-state index in [9.17, 15) is 8.42 Å². The summed E-state index contributed by atoms with van der Waals surface area (Å²) >= 11 is 5.91. The average Bonchev–Trinajstić information content (AvgIpc) is 2.41. The number of nitrogens with zero attached hydrogens (tertiary/aromatic N) is 1. The number of hydrogen-bond donors (Lipinski definition) is 2. The van der Waals surface area contributed by atoms with Crippen LogP contribution < -0.4 is 4.74 Å². The predicted octanol–water partition coefficient (Wildman–Crippen LogP) is 0.714. The van der Waals surface area contributed by atoms with Crippen molar-refractivity contribution < 1.29 is 23.4 Å². The van der Waals surface area contributed by atoms with Crippen molar-refractivity contribution in [2.75, 3.05) is 32.9 Å². The summed E-state index contributed by atoms with van der Waals surface area (Å²) in [5.74, 6) is 0.281. The second-order valence-corrected chi connectivity index (χ2v) is 6.22. The van der Waals surface area contributed by atoms with Gasteiger partial charge in [-0.15, -0.1) is 0 Å². The molecule has 2 N–H and O–H groups in total. The van der Waals surface area contributed by atoms with Crippen LogP contribution in [0.25, 0.3) is 0 Å². The first-order valence-corrected chi connectivity index (χ1v) is 7.93. The average molecular weight is 324 g/mol. The highest BCUT2D eigenvalue weighted by Crippen LogP contribution is 2.28. The normalized spacial score (nSPS) is 11.8. The lowest BCUT2D eigenvalue weighted by Gasteiger charge is -2.20. The molecule has 8 heteroatoms. The van der Waals surface area contributed by atoms with Gasteiger partial charge in [-0.3, -0.25) is 0 Å². The molecule has 0 unspecified atom stereocenters. The van der Waals surface area contributed by atoms with E-state index >= 15 is 0 Å². The Kier molecular flexibility index (Phi) is 6.70. The summed E-state index contributed by atoms with van der Waals surface area (Å²) in [7, 11) is -3.81. The largest absolute Gasteiger partial charge is 0.492 e. The highest BCUT2D eigenvalue weighted by Gasteiger charge is 2.24. The SMILES string of the molecule is CCOc1cc(S(=O)(=O)N(CCO)CCO)ccc1Cl. The molecule has 0 amide bonds. The van der Waals surface area contributed by atoms with E-state index in [4.69, 9.17) is 26.6 Å². The van der Waals surface area contributed by atoms with Gasteiger partial charge >= 0.3 is 0 Å². The molecule has 20 heavy (non-hydrogen) atoms. The summed E-state index contributed by atoms with van der Waals surface area (Å²) in [6, 6.07) is 4.14. The van der Waals surface area contributed by atoms with Gasteiger partial charge in [0.2, 0.25) is 10.0 Å². The van der Waals surface area contributed by atoms with E-state index in [-0.39, 0.29) is 36.9 Å². The third kappa shape index (κ3) is 4.07. The fraction of sp³-hybridized carbons (Fsp3) is 0.500. The lowest BCUT2D eigenvalue weighted by atomic mass is 10.3. The lowest BCUT2D eigenvalue weighted by Crippen LogP contribution is -2.35. The molecule has 6 nitrogen and oxygen atoms in total. The van der Waals surface area contributed by atoms with Gasteiger partial charge in [-0.05, 0) is 19.1 Å². The van der Waals surface area contributed by atoms with Crippen molar-refractivity contribution in [2.45, 2.75) is 11.8 Å². The Bertz CT molecular complexity index is 529. The molecule has 0 heterocycles. The summed E-state index contributed by atoms with van der Waals surface area (Å²) in [5.41, 5.74) is 0. The predicted molar refractivity (Wildman–Crippen MR) is 75.6 cm³/mol. The van der Waals surface area contributed by atoms with Crippen LogP contribution in [-0.2, 0) is 10.0 Å². The third-order valence-corrected chi connectivity index (χ3v) is 4.75. The maximum atomic E-state index is 12.4. The minimum Gasteiger partial charge on any atom is -0.492 e. The zero-order valence-electron chi connectivity index (χ0n) is 11.1. The van der Waals surface area contributed by atoms with Gasteiger partial charge in [0, 0.05) is 19.2 Å². The fourth-order valence-corrected chi connectivity index (χ4v) is 3.24. The maximum Gasteiger partial charge on any atom is 0.243 e. The van der Waals surface area contributed by atoms with Gasteiger partial charge in [-0.25, -0.2) is 8.42 Å². The van der Waals surface area contributed by atoms with Gasteiger partial charge in [0.25, 0.3) is 0 Å². The molecule has 0 saturated carbocycles. The number of ether oxygens (including phenoxy) is 1. The summed E-state index contributed by atoms with van der Waals surface area (Å²) in [5, 5.41) is 18.2. The maximum absolute atomic E-state index is 12.4. The summed E-state index contributed by atoms with van der Waals surface area (Å²) in [6.07, 6.45) is 0. The van der Waals surface area contributed by atoms with Crippen LogP contribution in [-0.4, -0.2) is 55.8 Å². The fourth-order valence-electron chi connectivity index (χ4n) is 1.63. The topological polar surface area (TPSA) is 87.1 Å². The summed E-state index contributed by atoms with van der Waals surface area (Å²) in [6.45, 7) is 1.29. The molecule has 0 aromatic heterocycles. The Morgan fingerprint density at radius 2 is 1.85 bits per heavy atom. The molecule has 0 atom stereocenters. The van der Waals surface area contributed by atoms with Crippen LogP contribution in [0, 0.1) is 0 Å². The zero-order valence-corrected chi connectivity index (χ0v) is 12.7. The highest BCUT2D eigenvalue weighted by atomic mass is 35.5. The zero-order chi connectivity index (χ0) is 15.2. The molecule has 0 aliphatic carbocycles. The van der Waals surface area contributed by atoms with Crippen molar-refractivity contribution in [1.29, 1.82) is 0 Å². The van der Waals surface area contributed by atoms with E-state index in [0.717, 1.165) is 4.31 Å². The van der Waals surface area contributed by atoms with Crippen molar-refractivity contribution in [3.8, 4) is 5.75 Å². The van der Waals surface area contributed by atoms with Crippen molar-refractivity contribution in [3.05, 3.63) is 23.2 Å². The molecule has 0 radical (unpaired) electrons. The van der Waals surface area contributed by atoms with Crippen LogP contribution in [0.2, 0.25) is 5.02 Å². The number of aliphatic hydroxyl groups excluding tert-OH is 2. The molecule has 0 spiro atoms. The van der Waals surface area contributed by atoms with Crippen LogP contribution in [0.15, 0.2) is 23.1 Å². The summed E-state index contributed by atoms with van der Waals surface area (Å²) < 4.78 is 31.0. The molecule has 0 fully saturated rings.